The summed E-state index contributed by atoms with van der Waals surface area (Å²) in [4.78, 5) is 14.2. The van der Waals surface area contributed by atoms with E-state index in [-0.39, 0.29) is 11.7 Å². The average molecular weight is 201 g/mol. The molecule has 1 amide bonds. The Morgan fingerprint density at radius 2 is 1.93 bits per heavy atom. The van der Waals surface area contributed by atoms with Crippen LogP contribution >= 0.6 is 0 Å². The molecule has 0 heterocycles. The maximum atomic E-state index is 12.4. The van der Waals surface area contributed by atoms with Crippen LogP contribution in [-0.4, -0.2) is 11.7 Å². The van der Waals surface area contributed by atoms with Gasteiger partial charge in [-0.25, -0.2) is 4.99 Å². The standard InChI is InChI=1S/C7H12FN5O/c1-3(8)12-7(13-4(2)9)5(10)6(11)14/h12H,1,10H2,2H3,(H2,9,13)(H2,11,14)/b7-5+. The van der Waals surface area contributed by atoms with Crippen LogP contribution in [0.25, 0.3) is 0 Å². The second-order valence-electron chi connectivity index (χ2n) is 2.41. The van der Waals surface area contributed by atoms with E-state index in [9.17, 15) is 9.18 Å². The van der Waals surface area contributed by atoms with Crippen molar-refractivity contribution in [2.75, 3.05) is 0 Å². The number of amidine groups is 1. The number of nitrogens with one attached hydrogen (secondary N) is 1. The predicted octanol–water partition coefficient (Wildman–Crippen LogP) is -0.993. The Bertz CT molecular complexity index is 316. The summed E-state index contributed by atoms with van der Waals surface area (Å²) in [6.45, 7) is 4.36. The molecule has 14 heavy (non-hydrogen) atoms. The predicted molar refractivity (Wildman–Crippen MR) is 51.1 cm³/mol. The molecule has 6 nitrogen and oxygen atoms in total. The van der Waals surface area contributed by atoms with Gasteiger partial charge >= 0.3 is 0 Å². The second-order valence-corrected chi connectivity index (χ2v) is 2.41. The van der Waals surface area contributed by atoms with Crippen LogP contribution < -0.4 is 22.5 Å². The molecule has 0 spiro atoms. The highest BCUT2D eigenvalue weighted by Crippen LogP contribution is 2.00. The van der Waals surface area contributed by atoms with Crippen molar-refractivity contribution in [2.24, 2.45) is 22.2 Å². The summed E-state index contributed by atoms with van der Waals surface area (Å²) < 4.78 is 12.4. The molecule has 0 bridgehead atoms. The molecule has 0 aromatic carbocycles. The molecular weight excluding hydrogens is 189 g/mol. The van der Waals surface area contributed by atoms with Crippen molar-refractivity contribution in [3.8, 4) is 0 Å². The van der Waals surface area contributed by atoms with Crippen molar-refractivity contribution in [1.82, 2.24) is 5.32 Å². The minimum absolute atomic E-state index is 0.0953. The molecule has 0 aliphatic rings. The van der Waals surface area contributed by atoms with E-state index in [4.69, 9.17) is 17.2 Å². The van der Waals surface area contributed by atoms with Crippen molar-refractivity contribution in [3.05, 3.63) is 24.0 Å². The minimum Gasteiger partial charge on any atom is -0.391 e. The Labute approximate surface area is 80.3 Å². The average Bonchev–Trinajstić information content (AvgIpc) is 1.99. The molecular formula is C7H12FN5O. The first kappa shape index (κ1) is 11.9. The van der Waals surface area contributed by atoms with Gasteiger partial charge in [0.15, 0.2) is 11.8 Å². The molecule has 0 rings (SSSR count). The van der Waals surface area contributed by atoms with E-state index >= 15 is 0 Å². The first-order valence-corrected chi connectivity index (χ1v) is 3.56. The number of carbonyl (C=O) groups is 1. The molecule has 78 valence electrons. The molecule has 0 radical (unpaired) electrons. The van der Waals surface area contributed by atoms with Gasteiger partial charge in [-0.05, 0) is 13.5 Å². The third-order valence-corrected chi connectivity index (χ3v) is 1.06. The van der Waals surface area contributed by atoms with Crippen LogP contribution in [0, 0.1) is 0 Å². The highest BCUT2D eigenvalue weighted by Gasteiger charge is 2.08. The largest absolute Gasteiger partial charge is 0.391 e. The van der Waals surface area contributed by atoms with E-state index in [1.54, 1.807) is 0 Å². The lowest BCUT2D eigenvalue weighted by Crippen LogP contribution is -2.27. The van der Waals surface area contributed by atoms with E-state index in [0.29, 0.717) is 0 Å². The molecule has 0 saturated heterocycles. The highest BCUT2D eigenvalue weighted by atomic mass is 19.1. The van der Waals surface area contributed by atoms with Crippen molar-refractivity contribution in [3.63, 3.8) is 0 Å². The van der Waals surface area contributed by atoms with Gasteiger partial charge in [0.1, 0.15) is 5.70 Å². The maximum absolute atomic E-state index is 12.4. The van der Waals surface area contributed by atoms with Gasteiger partial charge in [0, 0.05) is 0 Å². The SMILES string of the molecule is C=C(F)NC(/N=C(\C)N)=C(\N)C(N)=O. The van der Waals surface area contributed by atoms with Crippen LogP contribution in [0.5, 0.6) is 0 Å². The number of hydrogen-bond acceptors (Lipinski definition) is 4. The molecule has 7 heteroatoms. The van der Waals surface area contributed by atoms with Crippen molar-refractivity contribution < 1.29 is 9.18 Å². The summed E-state index contributed by atoms with van der Waals surface area (Å²) in [5, 5.41) is 2.02. The highest BCUT2D eigenvalue weighted by molar-refractivity contribution is 5.92. The fourth-order valence-corrected chi connectivity index (χ4v) is 0.577. The Balaban J connectivity index is 5.09. The van der Waals surface area contributed by atoms with Crippen LogP contribution in [0.4, 0.5) is 4.39 Å². The van der Waals surface area contributed by atoms with E-state index in [1.165, 1.54) is 6.92 Å². The summed E-state index contributed by atoms with van der Waals surface area (Å²) in [5.74, 6) is -2.02. The van der Waals surface area contributed by atoms with Gasteiger partial charge < -0.3 is 22.5 Å². The fourth-order valence-electron chi connectivity index (χ4n) is 0.577. The second kappa shape index (κ2) is 4.85. The number of primary amides is 1. The third kappa shape index (κ3) is 4.10. The Kier molecular flexibility index (Phi) is 4.14. The minimum atomic E-state index is -0.932. The number of aliphatic imine (C=N–C) groups is 1. The molecule has 0 atom stereocenters. The zero-order valence-electron chi connectivity index (χ0n) is 7.67. The molecule has 0 aliphatic heterocycles. The molecule has 0 aromatic rings. The van der Waals surface area contributed by atoms with Crippen LogP contribution in [0.1, 0.15) is 6.92 Å². The Morgan fingerprint density at radius 3 is 2.21 bits per heavy atom. The summed E-state index contributed by atoms with van der Waals surface area (Å²) in [7, 11) is 0. The summed E-state index contributed by atoms with van der Waals surface area (Å²) in [6.07, 6.45) is 0. The Hall–Kier alpha value is -2.05. The molecule has 0 saturated carbocycles. The maximum Gasteiger partial charge on any atom is 0.268 e. The lowest BCUT2D eigenvalue weighted by Gasteiger charge is -2.06. The van der Waals surface area contributed by atoms with Gasteiger partial charge in [0.25, 0.3) is 5.91 Å². The van der Waals surface area contributed by atoms with Gasteiger partial charge in [-0.2, -0.15) is 4.39 Å². The normalized spacial score (nSPS) is 13.1. The fraction of sp³-hybridized carbons (Fsp3) is 0.143. The summed E-state index contributed by atoms with van der Waals surface area (Å²) >= 11 is 0. The zero-order valence-corrected chi connectivity index (χ0v) is 7.67. The van der Waals surface area contributed by atoms with Crippen LogP contribution in [0.3, 0.4) is 0 Å². The van der Waals surface area contributed by atoms with E-state index < -0.39 is 17.6 Å². The van der Waals surface area contributed by atoms with Crippen LogP contribution in [0.2, 0.25) is 0 Å². The summed E-state index contributed by atoms with van der Waals surface area (Å²) in [5.41, 5.74) is 14.9. The first-order chi connectivity index (χ1) is 6.34. The van der Waals surface area contributed by atoms with Crippen LogP contribution in [-0.2, 0) is 4.79 Å². The quantitative estimate of drug-likeness (QED) is 0.202. The van der Waals surface area contributed by atoms with Crippen molar-refractivity contribution >= 4 is 11.7 Å². The lowest BCUT2D eigenvalue weighted by atomic mass is 10.4. The topological polar surface area (TPSA) is 120 Å². The molecule has 0 aliphatic carbocycles. The number of nitrogens with two attached hydrogens (primary N) is 3. The van der Waals surface area contributed by atoms with E-state index in [1.807, 2.05) is 5.32 Å². The van der Waals surface area contributed by atoms with Gasteiger partial charge in [-0.3, -0.25) is 4.79 Å². The van der Waals surface area contributed by atoms with Gasteiger partial charge in [-0.1, -0.05) is 0 Å². The lowest BCUT2D eigenvalue weighted by molar-refractivity contribution is -0.114. The van der Waals surface area contributed by atoms with Gasteiger partial charge in [-0.15, -0.1) is 0 Å². The van der Waals surface area contributed by atoms with E-state index in [2.05, 4.69) is 11.6 Å². The van der Waals surface area contributed by atoms with E-state index in [0.717, 1.165) is 0 Å². The first-order valence-electron chi connectivity index (χ1n) is 3.56. The zero-order chi connectivity index (χ0) is 11.3. The Morgan fingerprint density at radius 1 is 1.43 bits per heavy atom. The monoisotopic (exact) mass is 201 g/mol. The number of hydrogen-bond donors (Lipinski definition) is 4. The molecule has 0 aromatic heterocycles. The smallest absolute Gasteiger partial charge is 0.268 e. The molecule has 7 N–H and O–H groups in total. The van der Waals surface area contributed by atoms with Gasteiger partial charge in [0.2, 0.25) is 0 Å². The number of nitrogens with zero attached hydrogens (tertiary/aromatic N) is 1. The van der Waals surface area contributed by atoms with Crippen molar-refractivity contribution in [2.45, 2.75) is 6.92 Å². The molecule has 0 fully saturated rings. The summed E-state index contributed by atoms with van der Waals surface area (Å²) in [6, 6.07) is 0. The van der Waals surface area contributed by atoms with Crippen LogP contribution in [0.15, 0.2) is 29.0 Å². The number of halogens is 1. The third-order valence-electron chi connectivity index (χ3n) is 1.06. The number of carbonyl (C=O) groups excluding carboxylic acids is 1. The number of amides is 1. The number of rotatable bonds is 4. The van der Waals surface area contributed by atoms with Crippen molar-refractivity contribution in [1.29, 1.82) is 0 Å². The van der Waals surface area contributed by atoms with Gasteiger partial charge in [0.05, 0.1) is 5.84 Å². The molecule has 0 unspecified atom stereocenters.